The lowest BCUT2D eigenvalue weighted by molar-refractivity contribution is -0.883. The first-order chi connectivity index (χ1) is 21.0. The molecular formula is C40H78NO2+. The quantitative estimate of drug-likeness (QED) is 0.0316. The van der Waals surface area contributed by atoms with E-state index in [1.807, 2.05) is 0 Å². The molecule has 0 spiro atoms. The van der Waals surface area contributed by atoms with E-state index in [0.717, 1.165) is 17.4 Å². The van der Waals surface area contributed by atoms with Gasteiger partial charge in [-0.25, -0.2) is 4.79 Å². The van der Waals surface area contributed by atoms with Gasteiger partial charge in [0.15, 0.2) is 6.54 Å². The highest BCUT2D eigenvalue weighted by atomic mass is 16.5. The van der Waals surface area contributed by atoms with Crippen molar-refractivity contribution in [2.24, 2.45) is 0 Å². The molecule has 0 aliphatic rings. The van der Waals surface area contributed by atoms with E-state index >= 15 is 0 Å². The Morgan fingerprint density at radius 1 is 0.465 bits per heavy atom. The number of nitrogens with zero attached hydrogens (tertiary/aromatic N) is 1. The maximum atomic E-state index is 12.3. The van der Waals surface area contributed by atoms with Crippen LogP contribution in [0.2, 0.25) is 0 Å². The summed E-state index contributed by atoms with van der Waals surface area (Å²) in [5.41, 5.74) is 0. The van der Waals surface area contributed by atoms with E-state index in [0.29, 0.717) is 13.2 Å². The van der Waals surface area contributed by atoms with Crippen LogP contribution in [0, 0.1) is 0 Å². The summed E-state index contributed by atoms with van der Waals surface area (Å²) in [6.45, 7) is 6.71. The van der Waals surface area contributed by atoms with Crippen molar-refractivity contribution in [3.05, 3.63) is 24.3 Å². The van der Waals surface area contributed by atoms with Crippen LogP contribution in [0.3, 0.4) is 0 Å². The highest BCUT2D eigenvalue weighted by molar-refractivity contribution is 5.70. The number of likely N-dealkylation sites (N-methyl/N-ethyl adjacent to an activating group) is 1. The van der Waals surface area contributed by atoms with Gasteiger partial charge in [-0.3, -0.25) is 0 Å². The van der Waals surface area contributed by atoms with E-state index in [-0.39, 0.29) is 5.97 Å². The molecule has 0 fully saturated rings. The monoisotopic (exact) mass is 605 g/mol. The minimum Gasteiger partial charge on any atom is -0.462 e. The van der Waals surface area contributed by atoms with E-state index in [1.54, 1.807) is 0 Å². The second-order valence-corrected chi connectivity index (χ2v) is 13.9. The van der Waals surface area contributed by atoms with Crippen LogP contribution in [0.25, 0.3) is 0 Å². The van der Waals surface area contributed by atoms with E-state index < -0.39 is 0 Å². The SMILES string of the molecule is CCCCCCCCC=CCCCCCCCCOC(=O)C[N+](C)(C)CCCCCCCCC=CCCCCCCCC. The summed E-state index contributed by atoms with van der Waals surface area (Å²) in [6.07, 6.45) is 46.5. The Kier molecular flexibility index (Phi) is 32.9. The largest absolute Gasteiger partial charge is 0.462 e. The number of carbonyl (C=O) groups excluding carboxylic acids is 1. The zero-order valence-corrected chi connectivity index (χ0v) is 30.0. The van der Waals surface area contributed by atoms with Gasteiger partial charge in [0, 0.05) is 0 Å². The fraction of sp³-hybridized carbons (Fsp3) is 0.875. The molecule has 0 aliphatic heterocycles. The molecule has 0 aromatic carbocycles. The van der Waals surface area contributed by atoms with Gasteiger partial charge in [0.1, 0.15) is 0 Å². The highest BCUT2D eigenvalue weighted by Crippen LogP contribution is 2.13. The topological polar surface area (TPSA) is 26.3 Å². The fourth-order valence-electron chi connectivity index (χ4n) is 5.80. The van der Waals surface area contributed by atoms with Gasteiger partial charge in [0.25, 0.3) is 0 Å². The van der Waals surface area contributed by atoms with Gasteiger partial charge in [-0.15, -0.1) is 0 Å². The van der Waals surface area contributed by atoms with Crippen molar-refractivity contribution in [3.8, 4) is 0 Å². The standard InChI is InChI=1S/C40H78NO2/c1-5-7-9-11-13-15-17-19-21-23-25-27-29-31-33-35-37-41(3,4)39-40(42)43-38-36-34-32-30-28-26-24-22-20-18-16-14-12-10-8-6-2/h19-22H,5-18,23-39H2,1-4H3/q+1. The normalized spacial score (nSPS) is 12.2. The average Bonchev–Trinajstić information content (AvgIpc) is 2.98. The van der Waals surface area contributed by atoms with Crippen molar-refractivity contribution in [1.82, 2.24) is 0 Å². The van der Waals surface area contributed by atoms with Crippen LogP contribution < -0.4 is 0 Å². The zero-order valence-electron chi connectivity index (χ0n) is 30.0. The molecule has 0 rings (SSSR count). The van der Waals surface area contributed by atoms with Crippen molar-refractivity contribution in [1.29, 1.82) is 0 Å². The van der Waals surface area contributed by atoms with Crippen molar-refractivity contribution in [2.75, 3.05) is 33.8 Å². The first kappa shape index (κ1) is 41.9. The van der Waals surface area contributed by atoms with Crippen LogP contribution in [0.4, 0.5) is 0 Å². The van der Waals surface area contributed by atoms with Gasteiger partial charge in [-0.05, 0) is 70.6 Å². The minimum absolute atomic E-state index is 0.0257. The van der Waals surface area contributed by atoms with Gasteiger partial charge in [-0.2, -0.15) is 0 Å². The Morgan fingerprint density at radius 2 is 0.791 bits per heavy atom. The molecule has 0 aromatic heterocycles. The molecule has 0 atom stereocenters. The smallest absolute Gasteiger partial charge is 0.361 e. The first-order valence-electron chi connectivity index (χ1n) is 19.3. The first-order valence-corrected chi connectivity index (χ1v) is 19.3. The van der Waals surface area contributed by atoms with Crippen LogP contribution in [0.1, 0.15) is 194 Å². The van der Waals surface area contributed by atoms with Crippen LogP contribution in [0.5, 0.6) is 0 Å². The molecule has 3 heteroatoms. The number of ether oxygens (including phenoxy) is 1. The molecule has 0 unspecified atom stereocenters. The fourth-order valence-corrected chi connectivity index (χ4v) is 5.80. The molecule has 0 N–H and O–H groups in total. The number of rotatable bonds is 34. The summed E-state index contributed by atoms with van der Waals surface area (Å²) < 4.78 is 6.31. The molecule has 0 amide bonds. The van der Waals surface area contributed by atoms with Gasteiger partial charge in [0.05, 0.1) is 27.2 Å². The Morgan fingerprint density at radius 3 is 1.19 bits per heavy atom. The highest BCUT2D eigenvalue weighted by Gasteiger charge is 2.20. The van der Waals surface area contributed by atoms with Crippen LogP contribution in [-0.4, -0.2) is 44.2 Å². The molecule has 0 heterocycles. The van der Waals surface area contributed by atoms with E-state index in [9.17, 15) is 4.79 Å². The molecule has 254 valence electrons. The van der Waals surface area contributed by atoms with Crippen LogP contribution >= 0.6 is 0 Å². The lowest BCUT2D eigenvalue weighted by Crippen LogP contribution is -2.45. The third-order valence-corrected chi connectivity index (χ3v) is 8.75. The second-order valence-electron chi connectivity index (χ2n) is 13.9. The van der Waals surface area contributed by atoms with Crippen molar-refractivity contribution < 1.29 is 14.0 Å². The zero-order chi connectivity index (χ0) is 31.5. The van der Waals surface area contributed by atoms with Gasteiger partial charge < -0.3 is 9.22 Å². The number of hydrogen-bond acceptors (Lipinski definition) is 2. The molecule has 0 saturated heterocycles. The van der Waals surface area contributed by atoms with E-state index in [2.05, 4.69) is 52.2 Å². The number of esters is 1. The Bertz CT molecular complexity index is 624. The van der Waals surface area contributed by atoms with E-state index in [4.69, 9.17) is 4.74 Å². The second kappa shape index (κ2) is 33.8. The van der Waals surface area contributed by atoms with Crippen molar-refractivity contribution >= 4 is 5.97 Å². The number of carbonyl (C=O) groups is 1. The predicted molar refractivity (Wildman–Crippen MR) is 192 cm³/mol. The number of quaternary nitrogens is 1. The van der Waals surface area contributed by atoms with Crippen molar-refractivity contribution in [3.63, 3.8) is 0 Å². The molecule has 0 saturated carbocycles. The van der Waals surface area contributed by atoms with E-state index in [1.165, 1.54) is 173 Å². The summed E-state index contributed by atoms with van der Waals surface area (Å²) in [6, 6.07) is 0. The number of hydrogen-bond donors (Lipinski definition) is 0. The molecule has 0 radical (unpaired) electrons. The number of unbranched alkanes of at least 4 members (excludes halogenated alkanes) is 24. The summed E-state index contributed by atoms with van der Waals surface area (Å²) in [4.78, 5) is 12.3. The maximum absolute atomic E-state index is 12.3. The van der Waals surface area contributed by atoms with Crippen LogP contribution in [0.15, 0.2) is 24.3 Å². The summed E-state index contributed by atoms with van der Waals surface area (Å²) >= 11 is 0. The maximum Gasteiger partial charge on any atom is 0.361 e. The van der Waals surface area contributed by atoms with Gasteiger partial charge in [-0.1, -0.05) is 147 Å². The molecule has 3 nitrogen and oxygen atoms in total. The third kappa shape index (κ3) is 35.3. The lowest BCUT2D eigenvalue weighted by Gasteiger charge is -2.28. The predicted octanol–water partition coefficient (Wildman–Crippen LogP) is 12.7. The number of allylic oxidation sites excluding steroid dienone is 4. The molecule has 43 heavy (non-hydrogen) atoms. The molecular weight excluding hydrogens is 526 g/mol. The lowest BCUT2D eigenvalue weighted by atomic mass is 10.1. The third-order valence-electron chi connectivity index (χ3n) is 8.75. The van der Waals surface area contributed by atoms with Crippen molar-refractivity contribution in [2.45, 2.75) is 194 Å². The summed E-state index contributed by atoms with van der Waals surface area (Å²) in [5.74, 6) is -0.0257. The minimum atomic E-state index is -0.0257. The molecule has 0 bridgehead atoms. The Hall–Kier alpha value is -1.09. The Balaban J connectivity index is 3.47. The van der Waals surface area contributed by atoms with Gasteiger partial charge >= 0.3 is 5.97 Å². The molecule has 0 aliphatic carbocycles. The van der Waals surface area contributed by atoms with Crippen LogP contribution in [-0.2, 0) is 9.53 Å². The Labute approximate surface area is 271 Å². The summed E-state index contributed by atoms with van der Waals surface area (Å²) in [7, 11) is 4.34. The van der Waals surface area contributed by atoms with Gasteiger partial charge in [0.2, 0.25) is 0 Å². The summed E-state index contributed by atoms with van der Waals surface area (Å²) in [5, 5.41) is 0. The molecule has 0 aromatic rings. The average molecular weight is 605 g/mol.